The standard InChI is InChI=1S/C10H11BrN2O/c11-9-6-12-10(14)13(9)7-8-4-2-1-3-5-8/h1-5,9H,6-7H2,(H,12,14). The Hall–Kier alpha value is -1.03. The number of carbonyl (C=O) groups excluding carboxylic acids is 1. The van der Waals surface area contributed by atoms with Crippen molar-refractivity contribution in [3.05, 3.63) is 35.9 Å². The molecule has 2 rings (SSSR count). The van der Waals surface area contributed by atoms with Gasteiger partial charge in [-0.05, 0) is 5.56 Å². The van der Waals surface area contributed by atoms with Crippen molar-refractivity contribution in [2.24, 2.45) is 0 Å². The summed E-state index contributed by atoms with van der Waals surface area (Å²) >= 11 is 3.45. The van der Waals surface area contributed by atoms with Gasteiger partial charge in [0, 0.05) is 13.1 Å². The summed E-state index contributed by atoms with van der Waals surface area (Å²) in [7, 11) is 0. The van der Waals surface area contributed by atoms with Gasteiger partial charge in [-0.2, -0.15) is 0 Å². The lowest BCUT2D eigenvalue weighted by atomic mass is 10.2. The van der Waals surface area contributed by atoms with E-state index < -0.39 is 0 Å². The normalized spacial score (nSPS) is 21.1. The maximum absolute atomic E-state index is 11.4. The monoisotopic (exact) mass is 254 g/mol. The molecule has 0 aliphatic carbocycles. The molecule has 1 aliphatic heterocycles. The number of nitrogens with one attached hydrogen (secondary N) is 1. The zero-order chi connectivity index (χ0) is 9.97. The third-order valence-corrected chi connectivity index (χ3v) is 3.03. The van der Waals surface area contributed by atoms with Gasteiger partial charge in [0.05, 0.1) is 0 Å². The fourth-order valence-corrected chi connectivity index (χ4v) is 1.95. The number of nitrogens with zero attached hydrogens (tertiary/aromatic N) is 1. The number of halogens is 1. The molecule has 4 heteroatoms. The van der Waals surface area contributed by atoms with Gasteiger partial charge in [-0.15, -0.1) is 0 Å². The van der Waals surface area contributed by atoms with Gasteiger partial charge in [0.2, 0.25) is 0 Å². The first-order valence-electron chi connectivity index (χ1n) is 4.50. The highest BCUT2D eigenvalue weighted by atomic mass is 79.9. The van der Waals surface area contributed by atoms with Crippen LogP contribution in [0.4, 0.5) is 4.79 Å². The summed E-state index contributed by atoms with van der Waals surface area (Å²) < 4.78 is 0. The fourth-order valence-electron chi connectivity index (χ4n) is 1.46. The third-order valence-electron chi connectivity index (χ3n) is 2.22. The minimum atomic E-state index is -0.00396. The molecule has 1 saturated heterocycles. The summed E-state index contributed by atoms with van der Waals surface area (Å²) in [5, 5.41) is 2.78. The number of hydrogen-bond donors (Lipinski definition) is 1. The van der Waals surface area contributed by atoms with Crippen molar-refractivity contribution in [2.75, 3.05) is 6.54 Å². The predicted octanol–water partition coefficient (Wildman–Crippen LogP) is 1.93. The second-order valence-electron chi connectivity index (χ2n) is 3.23. The highest BCUT2D eigenvalue weighted by Crippen LogP contribution is 2.16. The van der Waals surface area contributed by atoms with Gasteiger partial charge in [0.25, 0.3) is 0 Å². The van der Waals surface area contributed by atoms with Crippen molar-refractivity contribution in [3.8, 4) is 0 Å². The topological polar surface area (TPSA) is 32.3 Å². The van der Waals surface area contributed by atoms with Crippen LogP contribution in [0, 0.1) is 0 Å². The summed E-state index contributed by atoms with van der Waals surface area (Å²) in [5.74, 6) is 0. The van der Waals surface area contributed by atoms with Crippen LogP contribution in [-0.2, 0) is 6.54 Å². The Bertz CT molecular complexity index is 328. The molecule has 0 bridgehead atoms. The Kier molecular flexibility index (Phi) is 2.72. The van der Waals surface area contributed by atoms with Gasteiger partial charge in [-0.1, -0.05) is 46.3 Å². The first-order chi connectivity index (χ1) is 6.77. The molecule has 1 aromatic carbocycles. The molecule has 14 heavy (non-hydrogen) atoms. The number of alkyl halides is 1. The zero-order valence-electron chi connectivity index (χ0n) is 7.61. The number of benzene rings is 1. The smallest absolute Gasteiger partial charge is 0.318 e. The van der Waals surface area contributed by atoms with Crippen LogP contribution in [0.5, 0.6) is 0 Å². The Morgan fingerprint density at radius 1 is 1.43 bits per heavy atom. The van der Waals surface area contributed by atoms with Crippen molar-refractivity contribution in [3.63, 3.8) is 0 Å². The van der Waals surface area contributed by atoms with Crippen molar-refractivity contribution in [2.45, 2.75) is 11.5 Å². The van der Waals surface area contributed by atoms with Crippen LogP contribution in [0.2, 0.25) is 0 Å². The number of amides is 2. The van der Waals surface area contributed by atoms with E-state index in [-0.39, 0.29) is 11.0 Å². The molecular formula is C10H11BrN2O. The molecule has 1 fully saturated rings. The van der Waals surface area contributed by atoms with Crippen molar-refractivity contribution >= 4 is 22.0 Å². The van der Waals surface area contributed by atoms with E-state index in [4.69, 9.17) is 0 Å². The second-order valence-corrected chi connectivity index (χ2v) is 4.29. The van der Waals surface area contributed by atoms with Crippen LogP contribution in [0.15, 0.2) is 30.3 Å². The molecular weight excluding hydrogens is 244 g/mol. The molecule has 0 aromatic heterocycles. The number of hydrogen-bond acceptors (Lipinski definition) is 1. The van der Waals surface area contributed by atoms with E-state index in [0.29, 0.717) is 13.1 Å². The van der Waals surface area contributed by atoms with E-state index in [1.54, 1.807) is 4.90 Å². The Morgan fingerprint density at radius 2 is 2.14 bits per heavy atom. The summed E-state index contributed by atoms with van der Waals surface area (Å²) in [5.41, 5.74) is 1.15. The summed E-state index contributed by atoms with van der Waals surface area (Å²) in [6.45, 7) is 1.33. The highest BCUT2D eigenvalue weighted by molar-refractivity contribution is 9.09. The fraction of sp³-hybridized carbons (Fsp3) is 0.300. The highest BCUT2D eigenvalue weighted by Gasteiger charge is 2.27. The predicted molar refractivity (Wildman–Crippen MR) is 58.1 cm³/mol. The molecule has 1 aliphatic rings. The molecule has 1 aromatic rings. The summed E-state index contributed by atoms with van der Waals surface area (Å²) in [6.07, 6.45) is 0. The number of carbonyl (C=O) groups is 1. The Balaban J connectivity index is 2.07. The molecule has 1 atom stereocenters. The summed E-state index contributed by atoms with van der Waals surface area (Å²) in [4.78, 5) is 13.3. The van der Waals surface area contributed by atoms with Crippen molar-refractivity contribution < 1.29 is 4.79 Å². The van der Waals surface area contributed by atoms with Crippen molar-refractivity contribution in [1.82, 2.24) is 10.2 Å². The van der Waals surface area contributed by atoms with Gasteiger partial charge in [-0.25, -0.2) is 4.79 Å². The maximum Gasteiger partial charge on any atom is 0.318 e. The molecule has 1 unspecified atom stereocenters. The second kappa shape index (κ2) is 4.00. The molecule has 2 amide bonds. The minimum absolute atomic E-state index is 0.00396. The van der Waals surface area contributed by atoms with Gasteiger partial charge in [-0.3, -0.25) is 0 Å². The van der Waals surface area contributed by atoms with Gasteiger partial charge >= 0.3 is 6.03 Å². The van der Waals surface area contributed by atoms with Crippen LogP contribution >= 0.6 is 15.9 Å². The molecule has 74 valence electrons. The van der Waals surface area contributed by atoms with Gasteiger partial charge < -0.3 is 10.2 Å². The van der Waals surface area contributed by atoms with Crippen molar-refractivity contribution in [1.29, 1.82) is 0 Å². The lowest BCUT2D eigenvalue weighted by molar-refractivity contribution is 0.213. The molecule has 0 spiro atoms. The van der Waals surface area contributed by atoms with Crippen LogP contribution in [0.1, 0.15) is 5.56 Å². The lowest BCUT2D eigenvalue weighted by Crippen LogP contribution is -2.30. The molecule has 1 N–H and O–H groups in total. The average Bonchev–Trinajstić information content (AvgIpc) is 2.51. The Morgan fingerprint density at radius 3 is 2.71 bits per heavy atom. The van der Waals surface area contributed by atoms with E-state index in [1.165, 1.54) is 0 Å². The average molecular weight is 255 g/mol. The van der Waals surface area contributed by atoms with E-state index in [1.807, 2.05) is 30.3 Å². The van der Waals surface area contributed by atoms with Crippen LogP contribution in [-0.4, -0.2) is 22.4 Å². The number of rotatable bonds is 2. The molecule has 3 nitrogen and oxygen atoms in total. The van der Waals surface area contributed by atoms with Crippen LogP contribution in [0.3, 0.4) is 0 Å². The first kappa shape index (κ1) is 9.52. The Labute approximate surface area is 91.2 Å². The van der Waals surface area contributed by atoms with E-state index in [2.05, 4.69) is 21.2 Å². The minimum Gasteiger partial charge on any atom is -0.335 e. The van der Waals surface area contributed by atoms with E-state index in [9.17, 15) is 4.79 Å². The SMILES string of the molecule is O=C1NCC(Br)N1Cc1ccccc1. The van der Waals surface area contributed by atoms with Crippen LogP contribution in [0.25, 0.3) is 0 Å². The number of urea groups is 1. The quantitative estimate of drug-likeness (QED) is 0.635. The third kappa shape index (κ3) is 1.90. The largest absolute Gasteiger partial charge is 0.335 e. The van der Waals surface area contributed by atoms with E-state index in [0.717, 1.165) is 5.56 Å². The molecule has 0 radical (unpaired) electrons. The first-order valence-corrected chi connectivity index (χ1v) is 5.41. The molecule has 0 saturated carbocycles. The van der Waals surface area contributed by atoms with Gasteiger partial charge in [0.15, 0.2) is 0 Å². The van der Waals surface area contributed by atoms with E-state index >= 15 is 0 Å². The maximum atomic E-state index is 11.4. The summed E-state index contributed by atoms with van der Waals surface area (Å²) in [6, 6.07) is 9.96. The lowest BCUT2D eigenvalue weighted by Gasteiger charge is -2.18. The zero-order valence-corrected chi connectivity index (χ0v) is 9.20. The van der Waals surface area contributed by atoms with Gasteiger partial charge in [0.1, 0.15) is 4.95 Å². The molecule has 1 heterocycles. The van der Waals surface area contributed by atoms with Crippen LogP contribution < -0.4 is 5.32 Å².